The molecule has 7 heteroatoms. The minimum atomic E-state index is -3.81. The number of aryl methyl sites for hydroxylation is 1. The lowest BCUT2D eigenvalue weighted by Crippen LogP contribution is -2.30. The summed E-state index contributed by atoms with van der Waals surface area (Å²) in [5.74, 6) is -0.798. The smallest absolute Gasteiger partial charge is 0.216 e. The van der Waals surface area contributed by atoms with Gasteiger partial charge in [-0.2, -0.15) is 0 Å². The molecule has 0 unspecified atom stereocenters. The Morgan fingerprint density at radius 2 is 2.09 bits per heavy atom. The number of aromatic nitrogens is 1. The molecule has 1 N–H and O–H groups in total. The number of pyridine rings is 1. The monoisotopic (exact) mass is 336 g/mol. The van der Waals surface area contributed by atoms with E-state index in [0.717, 1.165) is 6.07 Å². The van der Waals surface area contributed by atoms with E-state index in [9.17, 15) is 17.6 Å². The fourth-order valence-corrected chi connectivity index (χ4v) is 3.90. The van der Waals surface area contributed by atoms with Crippen molar-refractivity contribution in [2.75, 3.05) is 6.54 Å². The predicted molar refractivity (Wildman–Crippen MR) is 84.0 cm³/mol. The average molecular weight is 336 g/mol. The lowest BCUT2D eigenvalue weighted by molar-refractivity contribution is -0.118. The number of hydrogen-bond donors (Lipinski definition) is 1. The molecule has 0 saturated heterocycles. The molecule has 0 bridgehead atoms. The van der Waals surface area contributed by atoms with Crippen molar-refractivity contribution in [3.8, 4) is 0 Å². The number of hydrogen-bond acceptors (Lipinski definition) is 4. The molecule has 0 saturated carbocycles. The van der Waals surface area contributed by atoms with Crippen molar-refractivity contribution in [1.29, 1.82) is 0 Å². The standard InChI is InChI=1S/C16H17FN2O3S/c1-11-8-14(5-6-15(11)17)23(21,22)16(10-19-12(2)20)13-4-3-7-18-9-13/h3-9,16H,10H2,1-2H3,(H,19,20)/t16-/m0/s1. The first-order valence-corrected chi connectivity index (χ1v) is 8.51. The van der Waals surface area contributed by atoms with Gasteiger partial charge in [-0.25, -0.2) is 12.8 Å². The number of nitrogens with one attached hydrogen (secondary N) is 1. The number of nitrogens with zero attached hydrogens (tertiary/aromatic N) is 1. The number of amides is 1. The Morgan fingerprint density at radius 3 is 2.65 bits per heavy atom. The Kier molecular flexibility index (Phi) is 5.10. The van der Waals surface area contributed by atoms with Crippen molar-refractivity contribution in [1.82, 2.24) is 10.3 Å². The van der Waals surface area contributed by atoms with Gasteiger partial charge in [0.25, 0.3) is 0 Å². The molecule has 1 atom stereocenters. The molecule has 2 aromatic rings. The zero-order valence-electron chi connectivity index (χ0n) is 12.8. The van der Waals surface area contributed by atoms with Gasteiger partial charge < -0.3 is 5.32 Å². The van der Waals surface area contributed by atoms with Crippen molar-refractivity contribution in [2.45, 2.75) is 24.0 Å². The van der Waals surface area contributed by atoms with Crippen LogP contribution in [0.5, 0.6) is 0 Å². The first-order chi connectivity index (χ1) is 10.8. The second-order valence-electron chi connectivity index (χ2n) is 5.17. The van der Waals surface area contributed by atoms with Crippen molar-refractivity contribution >= 4 is 15.7 Å². The summed E-state index contributed by atoms with van der Waals surface area (Å²) in [5.41, 5.74) is 0.707. The fourth-order valence-electron chi connectivity index (χ4n) is 2.17. The van der Waals surface area contributed by atoms with E-state index in [2.05, 4.69) is 10.3 Å². The number of halogens is 1. The Balaban J connectivity index is 2.47. The van der Waals surface area contributed by atoms with Crippen molar-refractivity contribution in [3.05, 3.63) is 59.7 Å². The average Bonchev–Trinajstić information content (AvgIpc) is 2.50. The summed E-state index contributed by atoms with van der Waals surface area (Å²) in [4.78, 5) is 15.1. The quantitative estimate of drug-likeness (QED) is 0.849. The van der Waals surface area contributed by atoms with Gasteiger partial charge in [-0.3, -0.25) is 9.78 Å². The van der Waals surface area contributed by atoms with E-state index >= 15 is 0 Å². The first-order valence-electron chi connectivity index (χ1n) is 6.97. The van der Waals surface area contributed by atoms with Crippen LogP contribution in [0.4, 0.5) is 4.39 Å². The van der Waals surface area contributed by atoms with E-state index in [0.29, 0.717) is 5.56 Å². The van der Waals surface area contributed by atoms with Crippen LogP contribution in [0.15, 0.2) is 47.6 Å². The molecule has 122 valence electrons. The summed E-state index contributed by atoms with van der Waals surface area (Å²) >= 11 is 0. The van der Waals surface area contributed by atoms with E-state index < -0.39 is 20.9 Å². The van der Waals surface area contributed by atoms with Crippen molar-refractivity contribution < 1.29 is 17.6 Å². The minimum Gasteiger partial charge on any atom is -0.355 e. The molecule has 0 radical (unpaired) electrons. The summed E-state index contributed by atoms with van der Waals surface area (Å²) in [5, 5.41) is 1.53. The maximum Gasteiger partial charge on any atom is 0.216 e. The lowest BCUT2D eigenvalue weighted by Gasteiger charge is -2.18. The highest BCUT2D eigenvalue weighted by molar-refractivity contribution is 7.91. The highest BCUT2D eigenvalue weighted by Gasteiger charge is 2.30. The highest BCUT2D eigenvalue weighted by Crippen LogP contribution is 2.29. The predicted octanol–water partition coefficient (Wildman–Crippen LogP) is 2.18. The maximum absolute atomic E-state index is 13.4. The van der Waals surface area contributed by atoms with E-state index in [-0.39, 0.29) is 22.9 Å². The Morgan fingerprint density at radius 1 is 1.35 bits per heavy atom. The molecule has 23 heavy (non-hydrogen) atoms. The Labute approximate surface area is 134 Å². The minimum absolute atomic E-state index is 0.00982. The van der Waals surface area contributed by atoms with Crippen LogP contribution in [0.1, 0.15) is 23.3 Å². The SMILES string of the molecule is CC(=O)NC[C@@H](c1cccnc1)S(=O)(=O)c1ccc(F)c(C)c1. The second-order valence-corrected chi connectivity index (χ2v) is 7.30. The van der Waals surface area contributed by atoms with Gasteiger partial charge >= 0.3 is 0 Å². The summed E-state index contributed by atoms with van der Waals surface area (Å²) in [6.45, 7) is 2.73. The van der Waals surface area contributed by atoms with Crippen molar-refractivity contribution in [3.63, 3.8) is 0 Å². The van der Waals surface area contributed by atoms with Crippen LogP contribution in [0.25, 0.3) is 0 Å². The van der Waals surface area contributed by atoms with Gasteiger partial charge in [-0.1, -0.05) is 6.07 Å². The molecule has 1 amide bonds. The van der Waals surface area contributed by atoms with Crippen LogP contribution in [-0.4, -0.2) is 25.9 Å². The van der Waals surface area contributed by atoms with Crippen LogP contribution in [-0.2, 0) is 14.6 Å². The van der Waals surface area contributed by atoms with Gasteiger partial charge in [0.05, 0.1) is 4.90 Å². The summed E-state index contributed by atoms with van der Waals surface area (Å²) in [6, 6.07) is 6.91. The molecule has 0 aliphatic carbocycles. The molecular weight excluding hydrogens is 319 g/mol. The van der Waals surface area contributed by atoms with Crippen LogP contribution in [0.2, 0.25) is 0 Å². The molecule has 1 aromatic heterocycles. The zero-order chi connectivity index (χ0) is 17.0. The molecule has 1 heterocycles. The Bertz CT molecular complexity index is 807. The largest absolute Gasteiger partial charge is 0.355 e. The first kappa shape index (κ1) is 17.1. The van der Waals surface area contributed by atoms with Crippen LogP contribution in [0.3, 0.4) is 0 Å². The number of carbonyl (C=O) groups is 1. The molecule has 0 aliphatic heterocycles. The number of carbonyl (C=O) groups excluding carboxylic acids is 1. The number of rotatable bonds is 5. The van der Waals surface area contributed by atoms with Crippen LogP contribution in [0, 0.1) is 12.7 Å². The molecule has 1 aromatic carbocycles. The molecule has 0 spiro atoms. The normalized spacial score (nSPS) is 12.7. The van der Waals surface area contributed by atoms with Gasteiger partial charge in [0.15, 0.2) is 9.84 Å². The molecule has 0 aliphatic rings. The van der Waals surface area contributed by atoms with Gasteiger partial charge in [0, 0.05) is 25.9 Å². The number of sulfone groups is 1. The second kappa shape index (κ2) is 6.87. The highest BCUT2D eigenvalue weighted by atomic mass is 32.2. The fraction of sp³-hybridized carbons (Fsp3) is 0.250. The van der Waals surface area contributed by atoms with Gasteiger partial charge in [-0.15, -0.1) is 0 Å². The van der Waals surface area contributed by atoms with E-state index in [1.165, 1.54) is 38.4 Å². The van der Waals surface area contributed by atoms with E-state index in [1.807, 2.05) is 0 Å². The maximum atomic E-state index is 13.4. The summed E-state index contributed by atoms with van der Waals surface area (Å²) in [6.07, 6.45) is 2.98. The summed E-state index contributed by atoms with van der Waals surface area (Å²) in [7, 11) is -3.81. The third-order valence-corrected chi connectivity index (χ3v) is 5.52. The molecule has 0 fully saturated rings. The third-order valence-electron chi connectivity index (χ3n) is 3.43. The van der Waals surface area contributed by atoms with Gasteiger partial charge in [0.2, 0.25) is 5.91 Å². The van der Waals surface area contributed by atoms with E-state index in [4.69, 9.17) is 0 Å². The Hall–Kier alpha value is -2.28. The van der Waals surface area contributed by atoms with Crippen molar-refractivity contribution in [2.24, 2.45) is 0 Å². The molecule has 2 rings (SSSR count). The summed E-state index contributed by atoms with van der Waals surface area (Å²) < 4.78 is 39.2. The van der Waals surface area contributed by atoms with Gasteiger partial charge in [-0.05, 0) is 42.3 Å². The third kappa shape index (κ3) is 3.92. The molecular formula is C16H17FN2O3S. The van der Waals surface area contributed by atoms with Crippen LogP contribution < -0.4 is 5.32 Å². The molecule has 5 nitrogen and oxygen atoms in total. The zero-order valence-corrected chi connectivity index (χ0v) is 13.6. The lowest BCUT2D eigenvalue weighted by atomic mass is 10.2. The van der Waals surface area contributed by atoms with Crippen LogP contribution >= 0.6 is 0 Å². The topological polar surface area (TPSA) is 76.1 Å². The van der Waals surface area contributed by atoms with Gasteiger partial charge in [0.1, 0.15) is 11.1 Å². The van der Waals surface area contributed by atoms with E-state index in [1.54, 1.807) is 12.1 Å². The number of benzene rings is 1.